The van der Waals surface area contributed by atoms with E-state index in [4.69, 9.17) is 10.8 Å². The lowest BCUT2D eigenvalue weighted by atomic mass is 10.1. The van der Waals surface area contributed by atoms with Gasteiger partial charge in [0, 0.05) is 0 Å². The van der Waals surface area contributed by atoms with Gasteiger partial charge in [0.05, 0.1) is 5.92 Å². The number of aromatic hydroxyl groups is 1. The summed E-state index contributed by atoms with van der Waals surface area (Å²) < 4.78 is 0. The van der Waals surface area contributed by atoms with E-state index < -0.39 is 18.0 Å². The summed E-state index contributed by atoms with van der Waals surface area (Å²) >= 11 is 0. The number of carbonyl (C=O) groups excluding carboxylic acids is 2. The van der Waals surface area contributed by atoms with Crippen LogP contribution in [0, 0.1) is 5.92 Å². The van der Waals surface area contributed by atoms with E-state index in [-0.39, 0.29) is 18.1 Å². The van der Waals surface area contributed by atoms with Crippen molar-refractivity contribution in [2.24, 2.45) is 11.7 Å². The molecule has 0 aliphatic carbocycles. The molecule has 0 saturated heterocycles. The number of benzene rings is 1. The molecule has 6 nitrogen and oxygen atoms in total. The molecule has 0 radical (unpaired) electrons. The van der Waals surface area contributed by atoms with Crippen molar-refractivity contribution in [2.45, 2.75) is 26.3 Å². The highest BCUT2D eigenvalue weighted by molar-refractivity contribution is 5.77. The van der Waals surface area contributed by atoms with Crippen LogP contribution in [0.25, 0.3) is 0 Å². The van der Waals surface area contributed by atoms with E-state index in [1.165, 1.54) is 12.1 Å². The van der Waals surface area contributed by atoms with Gasteiger partial charge in [-0.3, -0.25) is 0 Å². The smallest absolute Gasteiger partial charge is 0.372 e. The molecule has 1 rings (SSSR count). The molecule has 0 aliphatic heterocycles. The predicted molar refractivity (Wildman–Crippen MR) is 66.8 cm³/mol. The molecule has 0 heterocycles. The van der Waals surface area contributed by atoms with Crippen LogP contribution in [0.15, 0.2) is 24.3 Å². The minimum atomic E-state index is -0.940. The third-order valence-corrected chi connectivity index (χ3v) is 2.37. The van der Waals surface area contributed by atoms with Gasteiger partial charge in [-0.05, 0) is 24.1 Å². The number of carbonyl (C=O) groups is 2. The van der Waals surface area contributed by atoms with Crippen molar-refractivity contribution in [2.75, 3.05) is 0 Å². The van der Waals surface area contributed by atoms with Crippen LogP contribution in [0.5, 0.6) is 5.75 Å². The van der Waals surface area contributed by atoms with E-state index >= 15 is 0 Å². The summed E-state index contributed by atoms with van der Waals surface area (Å²) in [5, 5.41) is 9.12. The summed E-state index contributed by atoms with van der Waals surface area (Å²) in [6.07, 6.45) is 0.221. The zero-order valence-electron chi connectivity index (χ0n) is 10.8. The summed E-state index contributed by atoms with van der Waals surface area (Å²) in [6.45, 7) is 3.24. The molecular formula is C13H17NO5. The summed E-state index contributed by atoms with van der Waals surface area (Å²) in [7, 11) is 0. The second-order valence-corrected chi connectivity index (χ2v) is 4.44. The van der Waals surface area contributed by atoms with Crippen molar-refractivity contribution in [1.82, 2.24) is 0 Å². The maximum absolute atomic E-state index is 11.5. The van der Waals surface area contributed by atoms with Gasteiger partial charge in [0.15, 0.2) is 0 Å². The highest BCUT2D eigenvalue weighted by Gasteiger charge is 2.20. The van der Waals surface area contributed by atoms with Gasteiger partial charge in [0.2, 0.25) is 0 Å². The van der Waals surface area contributed by atoms with E-state index in [0.29, 0.717) is 0 Å². The van der Waals surface area contributed by atoms with Gasteiger partial charge >= 0.3 is 11.9 Å². The number of hydrogen-bond donors (Lipinski definition) is 2. The Morgan fingerprint density at radius 1 is 1.16 bits per heavy atom. The first-order valence-electron chi connectivity index (χ1n) is 5.86. The molecule has 0 amide bonds. The summed E-state index contributed by atoms with van der Waals surface area (Å²) in [5.74, 6) is -1.71. The molecule has 1 atom stereocenters. The van der Waals surface area contributed by atoms with E-state index in [1.807, 2.05) is 0 Å². The predicted octanol–water partition coefficient (Wildman–Crippen LogP) is 0.919. The Morgan fingerprint density at radius 3 is 2.21 bits per heavy atom. The fraction of sp³-hybridized carbons (Fsp3) is 0.385. The number of nitrogens with two attached hydrogens (primary N) is 1. The van der Waals surface area contributed by atoms with Gasteiger partial charge < -0.3 is 10.8 Å². The monoisotopic (exact) mass is 267 g/mol. The van der Waals surface area contributed by atoms with E-state index in [0.717, 1.165) is 5.56 Å². The standard InChI is InChI=1S/C13H17NO5/c1-8(2)12(16)18-19-13(17)11(14)7-9-3-5-10(15)6-4-9/h3-6,8,11,15H,7,14H2,1-2H3. The van der Waals surface area contributed by atoms with Crippen molar-refractivity contribution in [3.8, 4) is 5.75 Å². The average Bonchev–Trinajstić information content (AvgIpc) is 2.37. The quantitative estimate of drug-likeness (QED) is 0.621. The minimum absolute atomic E-state index is 0.130. The van der Waals surface area contributed by atoms with Crippen LogP contribution in [-0.2, 0) is 25.8 Å². The lowest BCUT2D eigenvalue weighted by molar-refractivity contribution is -0.262. The van der Waals surface area contributed by atoms with Gasteiger partial charge in [-0.15, -0.1) is 0 Å². The Bertz CT molecular complexity index is 441. The highest BCUT2D eigenvalue weighted by atomic mass is 17.2. The molecule has 6 heteroatoms. The number of phenols is 1. The van der Waals surface area contributed by atoms with Crippen molar-refractivity contribution < 1.29 is 24.5 Å². The largest absolute Gasteiger partial charge is 0.508 e. The van der Waals surface area contributed by atoms with Gasteiger partial charge in [0.1, 0.15) is 11.8 Å². The van der Waals surface area contributed by atoms with Crippen LogP contribution >= 0.6 is 0 Å². The second-order valence-electron chi connectivity index (χ2n) is 4.44. The second kappa shape index (κ2) is 6.75. The van der Waals surface area contributed by atoms with Crippen molar-refractivity contribution in [1.29, 1.82) is 0 Å². The van der Waals surface area contributed by atoms with Crippen LogP contribution in [0.2, 0.25) is 0 Å². The Kier molecular flexibility index (Phi) is 5.32. The van der Waals surface area contributed by atoms with Gasteiger partial charge in [-0.2, -0.15) is 0 Å². The lowest BCUT2D eigenvalue weighted by Crippen LogP contribution is -2.35. The fourth-order valence-corrected chi connectivity index (χ4v) is 1.21. The molecule has 1 aromatic carbocycles. The van der Waals surface area contributed by atoms with E-state index in [1.54, 1.807) is 26.0 Å². The van der Waals surface area contributed by atoms with Crippen molar-refractivity contribution in [3.63, 3.8) is 0 Å². The first-order chi connectivity index (χ1) is 8.90. The molecule has 19 heavy (non-hydrogen) atoms. The van der Waals surface area contributed by atoms with Gasteiger partial charge in [0.25, 0.3) is 0 Å². The van der Waals surface area contributed by atoms with Crippen LogP contribution < -0.4 is 5.73 Å². The molecule has 0 saturated carbocycles. The molecule has 3 N–H and O–H groups in total. The number of rotatable bonds is 4. The lowest BCUT2D eigenvalue weighted by Gasteiger charge is -2.10. The topological polar surface area (TPSA) is 98.9 Å². The molecule has 0 aliphatic rings. The zero-order chi connectivity index (χ0) is 14.4. The summed E-state index contributed by atoms with van der Waals surface area (Å²) in [4.78, 5) is 31.3. The molecule has 0 bridgehead atoms. The van der Waals surface area contributed by atoms with Crippen molar-refractivity contribution in [3.05, 3.63) is 29.8 Å². The Morgan fingerprint density at radius 2 is 1.68 bits per heavy atom. The van der Waals surface area contributed by atoms with Gasteiger partial charge in [-0.1, -0.05) is 26.0 Å². The molecule has 104 valence electrons. The Hall–Kier alpha value is -2.08. The zero-order valence-corrected chi connectivity index (χ0v) is 10.8. The number of hydrogen-bond acceptors (Lipinski definition) is 6. The highest BCUT2D eigenvalue weighted by Crippen LogP contribution is 2.11. The van der Waals surface area contributed by atoms with E-state index in [2.05, 4.69) is 9.78 Å². The Balaban J connectivity index is 2.44. The maximum Gasteiger partial charge on any atom is 0.372 e. The third kappa shape index (κ3) is 4.97. The normalized spacial score (nSPS) is 12.0. The third-order valence-electron chi connectivity index (χ3n) is 2.37. The molecule has 0 aromatic heterocycles. The van der Waals surface area contributed by atoms with Gasteiger partial charge in [-0.25, -0.2) is 19.4 Å². The van der Waals surface area contributed by atoms with Crippen LogP contribution in [0.3, 0.4) is 0 Å². The summed E-state index contributed by atoms with van der Waals surface area (Å²) in [5.41, 5.74) is 6.38. The number of phenolic OH excluding ortho intramolecular Hbond substituents is 1. The summed E-state index contributed by atoms with van der Waals surface area (Å²) in [6, 6.07) is 5.33. The first kappa shape index (κ1) is 15.0. The average molecular weight is 267 g/mol. The molecule has 1 unspecified atom stereocenters. The maximum atomic E-state index is 11.5. The molecular weight excluding hydrogens is 250 g/mol. The van der Waals surface area contributed by atoms with Crippen LogP contribution in [-0.4, -0.2) is 23.1 Å². The van der Waals surface area contributed by atoms with Crippen LogP contribution in [0.4, 0.5) is 0 Å². The van der Waals surface area contributed by atoms with E-state index in [9.17, 15) is 9.59 Å². The van der Waals surface area contributed by atoms with Crippen molar-refractivity contribution >= 4 is 11.9 Å². The first-order valence-corrected chi connectivity index (χ1v) is 5.86. The SMILES string of the molecule is CC(C)C(=O)OOC(=O)C(N)Cc1ccc(O)cc1. The fourth-order valence-electron chi connectivity index (χ4n) is 1.21. The molecule has 1 aromatic rings. The minimum Gasteiger partial charge on any atom is -0.508 e. The van der Waals surface area contributed by atoms with Crippen LogP contribution in [0.1, 0.15) is 19.4 Å². The Labute approximate surface area is 111 Å². The molecule has 0 spiro atoms. The molecule has 0 fully saturated rings.